The molecule has 0 aliphatic rings. The fourth-order valence-electron chi connectivity index (χ4n) is 0.587. The van der Waals surface area contributed by atoms with Crippen molar-refractivity contribution in [3.8, 4) is 0 Å². The summed E-state index contributed by atoms with van der Waals surface area (Å²) >= 11 is 0. The minimum atomic E-state index is -0.160. The lowest BCUT2D eigenvalue weighted by molar-refractivity contribution is -0.136. The molecule has 0 unspecified atom stereocenters. The van der Waals surface area contributed by atoms with Crippen LogP contribution in [0.4, 0.5) is 0 Å². The lowest BCUT2D eigenvalue weighted by Gasteiger charge is -2.13. The highest BCUT2D eigenvalue weighted by Gasteiger charge is 2.01. The number of hydrogen-bond donors (Lipinski definition) is 0. The predicted octanol–water partition coefficient (Wildman–Crippen LogP) is 1.80. The van der Waals surface area contributed by atoms with Crippen LogP contribution in [-0.2, 0) is 9.47 Å². The molecule has 0 amide bonds. The van der Waals surface area contributed by atoms with Crippen molar-refractivity contribution in [2.75, 3.05) is 13.2 Å². The third kappa shape index (κ3) is 4.43. The first kappa shape index (κ1) is 7.03. The molecule has 0 spiro atoms. The van der Waals surface area contributed by atoms with Crippen molar-refractivity contribution in [3.05, 3.63) is 0 Å². The van der Waals surface area contributed by atoms with Crippen molar-refractivity contribution in [1.29, 1.82) is 0 Å². The molecule has 2 nitrogen and oxygen atoms in total. The molecule has 9 heavy (non-hydrogen) atoms. The van der Waals surface area contributed by atoms with E-state index in [1.165, 1.54) is 0 Å². The number of ether oxygens (including phenoxy) is 2. The second kappa shape index (κ2) is 6.05. The molecule has 0 heterocycles. The van der Waals surface area contributed by atoms with E-state index in [2.05, 4.69) is 0 Å². The average Bonchev–Trinajstić information content (AvgIpc) is 1.90. The normalized spacial score (nSPS) is 12.1. The second-order valence-corrected chi connectivity index (χ2v) is 1.63. The lowest BCUT2D eigenvalue weighted by Crippen LogP contribution is -2.15. The van der Waals surface area contributed by atoms with Gasteiger partial charge in [-0.25, -0.2) is 0 Å². The summed E-state index contributed by atoms with van der Waals surface area (Å²) in [5.74, 6) is 0. The van der Waals surface area contributed by atoms with Crippen LogP contribution in [0.1, 0.15) is 28.5 Å². The molecule has 0 bridgehead atoms. The van der Waals surface area contributed by atoms with E-state index in [1.807, 2.05) is 13.8 Å². The minimum absolute atomic E-state index is 0.160. The Kier molecular flexibility index (Phi) is 4.72. The average molecular weight is 133 g/mol. The van der Waals surface area contributed by atoms with E-state index in [0.29, 0.717) is 26.5 Å². The molecule has 0 radical (unpaired) electrons. The summed E-state index contributed by atoms with van der Waals surface area (Å²) in [6, 6.07) is 0. The molecule has 2 heteroatoms. The molecule has 0 aromatic heterocycles. The summed E-state index contributed by atoms with van der Waals surface area (Å²) in [5.41, 5.74) is 0. The van der Waals surface area contributed by atoms with Crippen molar-refractivity contribution in [1.82, 2.24) is 0 Å². The van der Waals surface area contributed by atoms with Gasteiger partial charge < -0.3 is 9.47 Å². The van der Waals surface area contributed by atoms with E-state index in [-0.39, 0.29) is 6.29 Å². The maximum absolute atomic E-state index is 6.93. The van der Waals surface area contributed by atoms with Gasteiger partial charge in [0.05, 0.1) is 0 Å². The standard InChI is InChI=1S/C7H16O2/c1-4-7(8-5-2)9-6-3/h7H,4-6H2,1-3H3/i1D. The predicted molar refractivity (Wildman–Crippen MR) is 37.3 cm³/mol. The summed E-state index contributed by atoms with van der Waals surface area (Å²) < 4.78 is 17.3. The topological polar surface area (TPSA) is 18.5 Å². The van der Waals surface area contributed by atoms with Gasteiger partial charge in [0.15, 0.2) is 6.29 Å². The number of rotatable bonds is 5. The largest absolute Gasteiger partial charge is 0.353 e. The molecule has 0 aromatic carbocycles. The molecule has 0 fully saturated rings. The second-order valence-electron chi connectivity index (χ2n) is 1.63. The minimum Gasteiger partial charge on any atom is -0.353 e. The molecule has 0 saturated carbocycles. The highest BCUT2D eigenvalue weighted by molar-refractivity contribution is 4.36. The van der Waals surface area contributed by atoms with Crippen LogP contribution >= 0.6 is 0 Å². The molecule has 0 atom stereocenters. The van der Waals surface area contributed by atoms with Crippen molar-refractivity contribution in [3.63, 3.8) is 0 Å². The maximum atomic E-state index is 6.93. The van der Waals surface area contributed by atoms with Gasteiger partial charge in [-0.05, 0) is 20.3 Å². The lowest BCUT2D eigenvalue weighted by atomic mass is 10.5. The van der Waals surface area contributed by atoms with Crippen LogP contribution in [0.25, 0.3) is 0 Å². The van der Waals surface area contributed by atoms with Crippen molar-refractivity contribution >= 4 is 0 Å². The summed E-state index contributed by atoms with van der Waals surface area (Å²) in [6.07, 6.45) is 0.509. The zero-order chi connectivity index (χ0) is 7.82. The first-order valence-electron chi connectivity index (χ1n) is 4.08. The van der Waals surface area contributed by atoms with E-state index in [0.717, 1.165) is 0 Å². The molecule has 0 N–H and O–H groups in total. The van der Waals surface area contributed by atoms with E-state index in [9.17, 15) is 0 Å². The summed E-state index contributed by atoms with van der Waals surface area (Å²) in [5, 5.41) is 0. The zero-order valence-corrected chi connectivity index (χ0v) is 6.22. The van der Waals surface area contributed by atoms with Gasteiger partial charge in [-0.15, -0.1) is 0 Å². The van der Waals surface area contributed by atoms with E-state index in [4.69, 9.17) is 10.8 Å². The Balaban J connectivity index is 3.30. The Morgan fingerprint density at radius 3 is 2.22 bits per heavy atom. The van der Waals surface area contributed by atoms with Gasteiger partial charge in [0, 0.05) is 14.6 Å². The van der Waals surface area contributed by atoms with Crippen LogP contribution < -0.4 is 0 Å². The Morgan fingerprint density at radius 2 is 1.89 bits per heavy atom. The molecule has 0 aliphatic heterocycles. The van der Waals surface area contributed by atoms with Gasteiger partial charge in [0.2, 0.25) is 0 Å². The van der Waals surface area contributed by atoms with Crippen LogP contribution in [0.2, 0.25) is 0 Å². The van der Waals surface area contributed by atoms with Crippen molar-refractivity contribution in [2.45, 2.75) is 33.5 Å². The first-order chi connectivity index (χ1) is 4.85. The van der Waals surface area contributed by atoms with Gasteiger partial charge in [-0.1, -0.05) is 6.90 Å². The Bertz CT molecular complexity index is 54.4. The van der Waals surface area contributed by atoms with E-state index >= 15 is 0 Å². The Morgan fingerprint density at radius 1 is 1.33 bits per heavy atom. The molecule has 0 rings (SSSR count). The van der Waals surface area contributed by atoms with Crippen LogP contribution in [-0.4, -0.2) is 19.5 Å². The first-order valence-corrected chi connectivity index (χ1v) is 3.37. The third-order valence-electron chi connectivity index (χ3n) is 0.941. The van der Waals surface area contributed by atoms with E-state index < -0.39 is 0 Å². The third-order valence-corrected chi connectivity index (χ3v) is 0.941. The zero-order valence-electron chi connectivity index (χ0n) is 7.22. The van der Waals surface area contributed by atoms with E-state index in [1.54, 1.807) is 0 Å². The quantitative estimate of drug-likeness (QED) is 0.532. The molecular formula is C7H16O2. The van der Waals surface area contributed by atoms with Gasteiger partial charge in [0.1, 0.15) is 0 Å². The Labute approximate surface area is 58.6 Å². The summed E-state index contributed by atoms with van der Waals surface area (Å²) in [6.45, 7) is 5.53. The summed E-state index contributed by atoms with van der Waals surface area (Å²) in [7, 11) is 0. The van der Waals surface area contributed by atoms with Crippen molar-refractivity contribution in [2.24, 2.45) is 0 Å². The smallest absolute Gasteiger partial charge is 0.157 e. The number of hydrogen-bond acceptors (Lipinski definition) is 2. The van der Waals surface area contributed by atoms with Gasteiger partial charge >= 0.3 is 0 Å². The van der Waals surface area contributed by atoms with Crippen LogP contribution in [0.5, 0.6) is 0 Å². The fraction of sp³-hybridized carbons (Fsp3) is 1.00. The molecular weight excluding hydrogens is 116 g/mol. The fourth-order valence-corrected chi connectivity index (χ4v) is 0.587. The van der Waals surface area contributed by atoms with Crippen molar-refractivity contribution < 1.29 is 10.8 Å². The van der Waals surface area contributed by atoms with Gasteiger partial charge in [-0.3, -0.25) is 0 Å². The molecule has 56 valence electrons. The van der Waals surface area contributed by atoms with Crippen LogP contribution in [0.15, 0.2) is 0 Å². The maximum Gasteiger partial charge on any atom is 0.157 e. The monoisotopic (exact) mass is 133 g/mol. The summed E-state index contributed by atoms with van der Waals surface area (Å²) in [4.78, 5) is 0. The molecule has 0 saturated heterocycles. The Hall–Kier alpha value is -0.0800. The van der Waals surface area contributed by atoms with Crippen LogP contribution in [0, 0.1) is 0 Å². The molecule has 0 aromatic rings. The van der Waals surface area contributed by atoms with Gasteiger partial charge in [0.25, 0.3) is 0 Å². The molecule has 0 aliphatic carbocycles. The SMILES string of the molecule is [2H]CCC(OCC)OCC. The highest BCUT2D eigenvalue weighted by atomic mass is 16.7. The van der Waals surface area contributed by atoms with Crippen LogP contribution in [0.3, 0.4) is 0 Å². The highest BCUT2D eigenvalue weighted by Crippen LogP contribution is 1.98. The van der Waals surface area contributed by atoms with Gasteiger partial charge in [-0.2, -0.15) is 0 Å².